The van der Waals surface area contributed by atoms with E-state index in [0.717, 1.165) is 49.1 Å². The molecule has 1 aromatic carbocycles. The summed E-state index contributed by atoms with van der Waals surface area (Å²) in [6.07, 6.45) is 3.54. The van der Waals surface area contributed by atoms with Crippen LogP contribution < -0.4 is 15.5 Å². The van der Waals surface area contributed by atoms with E-state index in [9.17, 15) is 0 Å². The van der Waals surface area contributed by atoms with Crippen molar-refractivity contribution < 1.29 is 4.74 Å². The molecule has 5 nitrogen and oxygen atoms in total. The van der Waals surface area contributed by atoms with E-state index in [1.165, 1.54) is 12.8 Å². The first-order chi connectivity index (χ1) is 10.3. The van der Waals surface area contributed by atoms with Crippen molar-refractivity contribution in [2.24, 2.45) is 10.1 Å². The van der Waals surface area contributed by atoms with Crippen molar-refractivity contribution in [3.8, 4) is 5.75 Å². The zero-order chi connectivity index (χ0) is 14.9. The third kappa shape index (κ3) is 5.10. The van der Waals surface area contributed by atoms with Crippen LogP contribution in [0.4, 0.5) is 0 Å². The minimum atomic E-state index is 0.741. The van der Waals surface area contributed by atoms with E-state index in [-0.39, 0.29) is 0 Å². The number of nitrogens with one attached hydrogen (secondary N) is 2. The van der Waals surface area contributed by atoms with Crippen LogP contribution in [0.2, 0.25) is 0 Å². The van der Waals surface area contributed by atoms with Crippen molar-refractivity contribution in [3.05, 3.63) is 29.8 Å². The first-order valence-electron chi connectivity index (χ1n) is 7.61. The predicted molar refractivity (Wildman–Crippen MR) is 87.1 cm³/mol. The second kappa shape index (κ2) is 8.29. The third-order valence-electron chi connectivity index (χ3n) is 3.29. The highest BCUT2D eigenvalue weighted by Crippen LogP contribution is 2.13. The van der Waals surface area contributed by atoms with Crippen LogP contribution in [0.5, 0.6) is 5.75 Å². The lowest BCUT2D eigenvalue weighted by Gasteiger charge is -2.07. The largest absolute Gasteiger partial charge is 0.494 e. The SMILES string of the molecule is CCCCCOc1ccc(/C(C)=N/NC2=NCCN2)cc1. The van der Waals surface area contributed by atoms with Gasteiger partial charge in [-0.05, 0) is 43.2 Å². The summed E-state index contributed by atoms with van der Waals surface area (Å²) in [6.45, 7) is 6.63. The molecule has 0 aromatic heterocycles. The molecule has 0 saturated carbocycles. The van der Waals surface area contributed by atoms with Crippen LogP contribution in [0, 0.1) is 0 Å². The molecule has 2 rings (SSSR count). The molecule has 0 atom stereocenters. The Labute approximate surface area is 126 Å². The number of rotatable bonds is 7. The standard InChI is InChI=1S/C16H24N4O/c1-3-4-5-12-21-15-8-6-14(7-9-15)13(2)19-20-16-17-10-11-18-16/h6-9H,3-5,10-12H2,1-2H3,(H2,17,18,20)/b19-13+. The summed E-state index contributed by atoms with van der Waals surface area (Å²) in [4.78, 5) is 4.23. The zero-order valence-electron chi connectivity index (χ0n) is 12.9. The smallest absolute Gasteiger partial charge is 0.212 e. The fraction of sp³-hybridized carbons (Fsp3) is 0.500. The van der Waals surface area contributed by atoms with Crippen LogP contribution in [-0.4, -0.2) is 31.4 Å². The Morgan fingerprint density at radius 3 is 2.81 bits per heavy atom. The van der Waals surface area contributed by atoms with Gasteiger partial charge in [0.25, 0.3) is 0 Å². The maximum Gasteiger partial charge on any atom is 0.212 e. The van der Waals surface area contributed by atoms with Gasteiger partial charge in [-0.25, -0.2) is 10.4 Å². The Morgan fingerprint density at radius 2 is 2.14 bits per heavy atom. The number of nitrogens with zero attached hydrogens (tertiary/aromatic N) is 2. The zero-order valence-corrected chi connectivity index (χ0v) is 12.9. The van der Waals surface area contributed by atoms with Crippen molar-refractivity contribution >= 4 is 11.7 Å². The van der Waals surface area contributed by atoms with Crippen LogP contribution in [0.3, 0.4) is 0 Å². The van der Waals surface area contributed by atoms with Gasteiger partial charge in [-0.15, -0.1) is 0 Å². The Balaban J connectivity index is 1.84. The monoisotopic (exact) mass is 288 g/mol. The quantitative estimate of drug-likeness (QED) is 0.460. The van der Waals surface area contributed by atoms with Gasteiger partial charge in [0, 0.05) is 6.54 Å². The molecule has 1 heterocycles. The Kier molecular flexibility index (Phi) is 6.06. The van der Waals surface area contributed by atoms with Gasteiger partial charge in [0.15, 0.2) is 0 Å². The van der Waals surface area contributed by atoms with Gasteiger partial charge in [-0.1, -0.05) is 19.8 Å². The van der Waals surface area contributed by atoms with Gasteiger partial charge >= 0.3 is 0 Å². The highest BCUT2D eigenvalue weighted by atomic mass is 16.5. The number of hydrogen-bond donors (Lipinski definition) is 2. The fourth-order valence-electron chi connectivity index (χ4n) is 2.01. The number of hydrazone groups is 1. The normalized spacial score (nSPS) is 14.6. The van der Waals surface area contributed by atoms with Crippen molar-refractivity contribution in [2.45, 2.75) is 33.1 Å². The summed E-state index contributed by atoms with van der Waals surface area (Å²) in [6, 6.07) is 8.04. The number of hydrogen-bond acceptors (Lipinski definition) is 5. The topological polar surface area (TPSA) is 58.0 Å². The Hall–Kier alpha value is -2.04. The molecule has 114 valence electrons. The molecule has 0 bridgehead atoms. The molecule has 0 aliphatic carbocycles. The maximum atomic E-state index is 5.70. The summed E-state index contributed by atoms with van der Waals surface area (Å²) in [5.74, 6) is 1.66. The van der Waals surface area contributed by atoms with Crippen LogP contribution in [-0.2, 0) is 0 Å². The molecule has 21 heavy (non-hydrogen) atoms. The van der Waals surface area contributed by atoms with E-state index >= 15 is 0 Å². The molecule has 0 unspecified atom stereocenters. The van der Waals surface area contributed by atoms with Gasteiger partial charge in [-0.3, -0.25) is 0 Å². The van der Waals surface area contributed by atoms with Crippen LogP contribution in [0.15, 0.2) is 34.4 Å². The van der Waals surface area contributed by atoms with Gasteiger partial charge in [-0.2, -0.15) is 5.10 Å². The number of aliphatic imine (C=N–C) groups is 1. The van der Waals surface area contributed by atoms with E-state index in [2.05, 4.69) is 27.8 Å². The van der Waals surface area contributed by atoms with Gasteiger partial charge in [0.2, 0.25) is 5.96 Å². The lowest BCUT2D eigenvalue weighted by Crippen LogP contribution is -2.30. The molecule has 5 heteroatoms. The molecular weight excluding hydrogens is 264 g/mol. The van der Waals surface area contributed by atoms with E-state index in [1.807, 2.05) is 31.2 Å². The second-order valence-corrected chi connectivity index (χ2v) is 5.05. The molecule has 0 spiro atoms. The summed E-state index contributed by atoms with van der Waals surface area (Å²) >= 11 is 0. The summed E-state index contributed by atoms with van der Waals surface area (Å²) in [7, 11) is 0. The molecule has 1 aromatic rings. The average Bonchev–Trinajstić information content (AvgIpc) is 3.03. The van der Waals surface area contributed by atoms with E-state index < -0.39 is 0 Å². The second-order valence-electron chi connectivity index (χ2n) is 5.05. The summed E-state index contributed by atoms with van der Waals surface area (Å²) < 4.78 is 5.70. The number of ether oxygens (including phenoxy) is 1. The molecule has 1 aliphatic heterocycles. The van der Waals surface area contributed by atoms with Gasteiger partial charge in [0.05, 0.1) is 18.9 Å². The third-order valence-corrected chi connectivity index (χ3v) is 3.29. The molecule has 0 amide bonds. The van der Waals surface area contributed by atoms with Crippen molar-refractivity contribution in [3.63, 3.8) is 0 Å². The minimum Gasteiger partial charge on any atom is -0.494 e. The molecule has 1 aliphatic rings. The lowest BCUT2D eigenvalue weighted by molar-refractivity contribution is 0.306. The molecular formula is C16H24N4O. The number of benzene rings is 1. The van der Waals surface area contributed by atoms with E-state index in [4.69, 9.17) is 4.74 Å². The summed E-state index contributed by atoms with van der Waals surface area (Å²) in [5.41, 5.74) is 4.93. The van der Waals surface area contributed by atoms with E-state index in [0.29, 0.717) is 0 Å². The van der Waals surface area contributed by atoms with Crippen LogP contribution >= 0.6 is 0 Å². The minimum absolute atomic E-state index is 0.741. The first kappa shape index (κ1) is 15.4. The van der Waals surface area contributed by atoms with Crippen molar-refractivity contribution in [1.82, 2.24) is 10.7 Å². The van der Waals surface area contributed by atoms with Crippen molar-refractivity contribution in [1.29, 1.82) is 0 Å². The highest BCUT2D eigenvalue weighted by molar-refractivity contribution is 5.99. The lowest BCUT2D eigenvalue weighted by atomic mass is 10.1. The Bertz CT molecular complexity index is 494. The molecule has 2 N–H and O–H groups in total. The van der Waals surface area contributed by atoms with E-state index in [1.54, 1.807) is 0 Å². The number of unbranched alkanes of at least 4 members (excludes halogenated alkanes) is 2. The van der Waals surface area contributed by atoms with Gasteiger partial charge in [0.1, 0.15) is 5.75 Å². The molecule has 0 radical (unpaired) electrons. The highest BCUT2D eigenvalue weighted by Gasteiger charge is 2.03. The first-order valence-corrected chi connectivity index (χ1v) is 7.61. The maximum absolute atomic E-state index is 5.70. The summed E-state index contributed by atoms with van der Waals surface area (Å²) in [5, 5.41) is 7.44. The average molecular weight is 288 g/mol. The van der Waals surface area contributed by atoms with Crippen LogP contribution in [0.25, 0.3) is 0 Å². The molecule has 0 saturated heterocycles. The van der Waals surface area contributed by atoms with Crippen molar-refractivity contribution in [2.75, 3.05) is 19.7 Å². The van der Waals surface area contributed by atoms with Crippen LogP contribution in [0.1, 0.15) is 38.7 Å². The Morgan fingerprint density at radius 1 is 1.33 bits per heavy atom. The van der Waals surface area contributed by atoms with Gasteiger partial charge < -0.3 is 10.1 Å². The fourth-order valence-corrected chi connectivity index (χ4v) is 2.01. The molecule has 0 fully saturated rings. The predicted octanol–water partition coefficient (Wildman–Crippen LogP) is 2.53. The number of guanidine groups is 1.